The fraction of sp³-hybridized carbons (Fsp3) is 0.0667. The highest BCUT2D eigenvalue weighted by Gasteiger charge is 2.23. The lowest BCUT2D eigenvalue weighted by Gasteiger charge is -2.27. The van der Waals surface area contributed by atoms with Gasteiger partial charge in [-0.2, -0.15) is 10.2 Å². The van der Waals surface area contributed by atoms with E-state index in [1.165, 1.54) is 0 Å². The molecule has 0 unspecified atom stereocenters. The second kappa shape index (κ2) is 5.16. The lowest BCUT2D eigenvalue weighted by Crippen LogP contribution is -2.44. The summed E-state index contributed by atoms with van der Waals surface area (Å²) in [5, 5.41) is 16.9. The number of para-hydroxylation sites is 1. The van der Waals surface area contributed by atoms with E-state index in [1.54, 1.807) is 34.5 Å². The number of carboxylic acids is 1. The Balaban J connectivity index is 1.92. The summed E-state index contributed by atoms with van der Waals surface area (Å²) < 4.78 is 0. The number of anilines is 2. The smallest absolute Gasteiger partial charge is 0.335 e. The van der Waals surface area contributed by atoms with Crippen molar-refractivity contribution in [3.63, 3.8) is 0 Å². The molecule has 3 rings (SSSR count). The van der Waals surface area contributed by atoms with E-state index >= 15 is 0 Å². The summed E-state index contributed by atoms with van der Waals surface area (Å²) >= 11 is 0. The first-order chi connectivity index (χ1) is 10.1. The quantitative estimate of drug-likeness (QED) is 0.905. The molecule has 0 aliphatic carbocycles. The molecule has 0 radical (unpaired) electrons. The highest BCUT2D eigenvalue weighted by Crippen LogP contribution is 2.24. The van der Waals surface area contributed by atoms with Gasteiger partial charge < -0.3 is 5.11 Å². The Labute approximate surface area is 121 Å². The first-order valence-corrected chi connectivity index (χ1v) is 6.45. The van der Waals surface area contributed by atoms with Crippen molar-refractivity contribution in [2.45, 2.75) is 6.92 Å². The molecule has 21 heavy (non-hydrogen) atoms. The summed E-state index contributed by atoms with van der Waals surface area (Å²) in [5.74, 6) is -0.190. The number of aromatic carboxylic acids is 1. The predicted octanol–water partition coefficient (Wildman–Crippen LogP) is 2.46. The third-order valence-corrected chi connectivity index (χ3v) is 3.05. The Bertz CT molecular complexity index is 683. The minimum atomic E-state index is -0.941. The zero-order chi connectivity index (χ0) is 14.8. The molecule has 0 saturated heterocycles. The fourth-order valence-electron chi connectivity index (χ4n) is 2.06. The van der Waals surface area contributed by atoms with E-state index in [9.17, 15) is 4.79 Å². The molecule has 1 aliphatic rings. The molecule has 1 aliphatic heterocycles. The number of hydrogen-bond donors (Lipinski definition) is 2. The average Bonchev–Trinajstić information content (AvgIpc) is 2.90. The zero-order valence-corrected chi connectivity index (χ0v) is 11.4. The molecule has 0 atom stereocenters. The number of hydrazone groups is 1. The Morgan fingerprint density at radius 1 is 1.05 bits per heavy atom. The first kappa shape index (κ1) is 13.0. The number of hydrogen-bond acceptors (Lipinski definition) is 5. The van der Waals surface area contributed by atoms with Gasteiger partial charge in [-0.15, -0.1) is 5.10 Å². The molecular formula is C15H14N4O2. The number of rotatable bonds is 3. The molecular weight excluding hydrogens is 268 g/mol. The second-order valence-electron chi connectivity index (χ2n) is 4.59. The average molecular weight is 282 g/mol. The van der Waals surface area contributed by atoms with Gasteiger partial charge in [0.05, 0.1) is 16.9 Å². The summed E-state index contributed by atoms with van der Waals surface area (Å²) in [6, 6.07) is 16.3. The molecule has 2 N–H and O–H groups in total. The molecule has 0 aromatic heterocycles. The van der Waals surface area contributed by atoms with Crippen LogP contribution in [0.2, 0.25) is 0 Å². The monoisotopic (exact) mass is 282 g/mol. The zero-order valence-electron chi connectivity index (χ0n) is 11.4. The van der Waals surface area contributed by atoms with Crippen LogP contribution in [0.1, 0.15) is 17.3 Å². The van der Waals surface area contributed by atoms with Gasteiger partial charge >= 0.3 is 5.97 Å². The summed E-state index contributed by atoms with van der Waals surface area (Å²) in [5.41, 5.74) is 5.08. The van der Waals surface area contributed by atoms with E-state index in [2.05, 4.69) is 10.5 Å². The number of hydrazine groups is 2. The van der Waals surface area contributed by atoms with Gasteiger partial charge in [-0.1, -0.05) is 18.2 Å². The van der Waals surface area contributed by atoms with Crippen molar-refractivity contribution in [3.8, 4) is 0 Å². The SMILES string of the molecule is CC1=NN(c2ccccc2)N(c2ccc(C(=O)O)cc2)N1. The molecule has 6 heteroatoms. The van der Waals surface area contributed by atoms with Crippen LogP contribution in [0, 0.1) is 0 Å². The minimum Gasteiger partial charge on any atom is -0.478 e. The third-order valence-electron chi connectivity index (χ3n) is 3.05. The Hall–Kier alpha value is -3.02. The lowest BCUT2D eigenvalue weighted by molar-refractivity contribution is 0.0697. The van der Waals surface area contributed by atoms with E-state index in [0.717, 1.165) is 17.2 Å². The number of carbonyl (C=O) groups is 1. The molecule has 106 valence electrons. The Morgan fingerprint density at radius 3 is 2.33 bits per heavy atom. The number of nitrogens with zero attached hydrogens (tertiary/aromatic N) is 3. The lowest BCUT2D eigenvalue weighted by atomic mass is 10.2. The normalized spacial score (nSPS) is 13.9. The standard InChI is InChI=1S/C15H14N4O2/c1-11-16-18(13-5-3-2-4-6-13)19(17-11)14-9-7-12(8-10-14)15(20)21/h2-10H,1H3,(H,16,17)(H,20,21). The van der Waals surface area contributed by atoms with E-state index in [1.807, 2.05) is 37.3 Å². The van der Waals surface area contributed by atoms with Crippen LogP contribution in [0.25, 0.3) is 0 Å². The minimum absolute atomic E-state index is 0.252. The molecule has 0 saturated carbocycles. The largest absolute Gasteiger partial charge is 0.478 e. The van der Waals surface area contributed by atoms with Crippen LogP contribution in [0.15, 0.2) is 59.7 Å². The van der Waals surface area contributed by atoms with Crippen LogP contribution >= 0.6 is 0 Å². The summed E-state index contributed by atoms with van der Waals surface area (Å²) in [6.45, 7) is 1.86. The maximum Gasteiger partial charge on any atom is 0.335 e. The molecule has 0 bridgehead atoms. The van der Waals surface area contributed by atoms with Crippen LogP contribution in [0.5, 0.6) is 0 Å². The van der Waals surface area contributed by atoms with Gasteiger partial charge in [0.15, 0.2) is 0 Å². The van der Waals surface area contributed by atoms with Crippen LogP contribution in [0.4, 0.5) is 11.4 Å². The number of nitrogens with one attached hydrogen (secondary N) is 1. The Kier molecular flexibility index (Phi) is 3.19. The predicted molar refractivity (Wildman–Crippen MR) is 81.0 cm³/mol. The first-order valence-electron chi connectivity index (χ1n) is 6.45. The van der Waals surface area contributed by atoms with E-state index in [4.69, 9.17) is 5.11 Å². The Morgan fingerprint density at radius 2 is 1.71 bits per heavy atom. The number of carboxylic acid groups (broad SMARTS) is 1. The van der Waals surface area contributed by atoms with Gasteiger partial charge in [-0.05, 0) is 43.3 Å². The molecule has 2 aromatic carbocycles. The van der Waals surface area contributed by atoms with Crippen molar-refractivity contribution in [2.24, 2.45) is 5.10 Å². The second-order valence-corrected chi connectivity index (χ2v) is 4.59. The molecule has 2 aromatic rings. The van der Waals surface area contributed by atoms with Gasteiger partial charge in [-0.3, -0.25) is 5.43 Å². The van der Waals surface area contributed by atoms with Crippen LogP contribution in [-0.4, -0.2) is 16.9 Å². The molecule has 0 spiro atoms. The molecule has 1 heterocycles. The van der Waals surface area contributed by atoms with Crippen LogP contribution in [0.3, 0.4) is 0 Å². The summed E-state index contributed by atoms with van der Waals surface area (Å²) in [4.78, 5) is 10.9. The van der Waals surface area contributed by atoms with E-state index in [-0.39, 0.29) is 5.56 Å². The molecule has 6 nitrogen and oxygen atoms in total. The summed E-state index contributed by atoms with van der Waals surface area (Å²) in [6.07, 6.45) is 0. The molecule has 0 fully saturated rings. The number of benzene rings is 2. The maximum atomic E-state index is 10.9. The summed E-state index contributed by atoms with van der Waals surface area (Å²) in [7, 11) is 0. The van der Waals surface area contributed by atoms with Crippen molar-refractivity contribution in [1.29, 1.82) is 0 Å². The third kappa shape index (κ3) is 2.51. The van der Waals surface area contributed by atoms with Gasteiger partial charge in [0, 0.05) is 0 Å². The fourth-order valence-corrected chi connectivity index (χ4v) is 2.06. The van der Waals surface area contributed by atoms with E-state index in [0.29, 0.717) is 0 Å². The van der Waals surface area contributed by atoms with Crippen molar-refractivity contribution in [2.75, 3.05) is 10.2 Å². The van der Waals surface area contributed by atoms with Crippen molar-refractivity contribution in [3.05, 3.63) is 60.2 Å². The van der Waals surface area contributed by atoms with Crippen molar-refractivity contribution >= 4 is 23.2 Å². The van der Waals surface area contributed by atoms with Crippen molar-refractivity contribution in [1.82, 2.24) is 5.43 Å². The van der Waals surface area contributed by atoms with Crippen molar-refractivity contribution < 1.29 is 9.90 Å². The van der Waals surface area contributed by atoms with Crippen LogP contribution < -0.4 is 15.7 Å². The van der Waals surface area contributed by atoms with Gasteiger partial charge in [0.2, 0.25) is 0 Å². The highest BCUT2D eigenvalue weighted by atomic mass is 16.4. The van der Waals surface area contributed by atoms with Gasteiger partial charge in [0.25, 0.3) is 0 Å². The number of amidine groups is 1. The van der Waals surface area contributed by atoms with Gasteiger partial charge in [-0.25, -0.2) is 4.79 Å². The highest BCUT2D eigenvalue weighted by molar-refractivity contribution is 5.89. The topological polar surface area (TPSA) is 68.2 Å². The van der Waals surface area contributed by atoms with Gasteiger partial charge in [0.1, 0.15) is 5.84 Å². The van der Waals surface area contributed by atoms with Crippen LogP contribution in [-0.2, 0) is 0 Å². The maximum absolute atomic E-state index is 10.9. The van der Waals surface area contributed by atoms with E-state index < -0.39 is 5.97 Å². The molecule has 0 amide bonds.